The monoisotopic (exact) mass is 382 g/mol. The Morgan fingerprint density at radius 3 is 2.56 bits per heavy atom. The number of fused-ring (bicyclic) bond motifs is 1. The number of amides is 1. The van der Waals surface area contributed by atoms with Gasteiger partial charge in [0.2, 0.25) is 0 Å². The van der Waals surface area contributed by atoms with Gasteiger partial charge in [-0.1, -0.05) is 29.0 Å². The lowest BCUT2D eigenvalue weighted by molar-refractivity contribution is 0.0526. The molecule has 0 aliphatic rings. The second kappa shape index (κ2) is 7.88. The van der Waals surface area contributed by atoms with E-state index in [1.165, 1.54) is 11.3 Å². The Hall–Kier alpha value is -2.73. The molecule has 0 unspecified atom stereocenters. The van der Waals surface area contributed by atoms with Gasteiger partial charge >= 0.3 is 5.97 Å². The summed E-state index contributed by atoms with van der Waals surface area (Å²) in [5.41, 5.74) is 4.08. The van der Waals surface area contributed by atoms with Gasteiger partial charge in [-0.3, -0.25) is 4.79 Å². The number of nitrogens with zero attached hydrogens (tertiary/aromatic N) is 2. The van der Waals surface area contributed by atoms with E-state index in [2.05, 4.69) is 4.99 Å². The second-order valence-electron chi connectivity index (χ2n) is 6.27. The van der Waals surface area contributed by atoms with E-state index in [1.54, 1.807) is 19.1 Å². The van der Waals surface area contributed by atoms with Crippen molar-refractivity contribution >= 4 is 33.4 Å². The Morgan fingerprint density at radius 2 is 1.89 bits per heavy atom. The summed E-state index contributed by atoms with van der Waals surface area (Å²) in [6.07, 6.45) is 0. The van der Waals surface area contributed by atoms with Crippen LogP contribution in [0.3, 0.4) is 0 Å². The zero-order valence-corrected chi connectivity index (χ0v) is 16.7. The fourth-order valence-electron chi connectivity index (χ4n) is 3.01. The highest BCUT2D eigenvalue weighted by atomic mass is 32.1. The third-order valence-corrected chi connectivity index (χ3v) is 5.36. The minimum atomic E-state index is -0.347. The maximum Gasteiger partial charge on any atom is 0.338 e. The number of ether oxygens (including phenoxy) is 1. The highest BCUT2D eigenvalue weighted by molar-refractivity contribution is 7.16. The standard InChI is InChI=1S/C21H22N2O3S/c1-5-23-17-10-8-15(20(25)26-6-2)12-18(17)27-21(23)22-19(24)16-9-7-13(3)11-14(16)4/h7-12H,5-6H2,1-4H3. The lowest BCUT2D eigenvalue weighted by atomic mass is 10.1. The van der Waals surface area contributed by atoms with Crippen LogP contribution in [0, 0.1) is 13.8 Å². The quantitative estimate of drug-likeness (QED) is 0.634. The van der Waals surface area contributed by atoms with Crippen LogP contribution in [0.25, 0.3) is 10.2 Å². The van der Waals surface area contributed by atoms with Crippen LogP contribution in [-0.2, 0) is 11.3 Å². The van der Waals surface area contributed by atoms with Gasteiger partial charge in [-0.25, -0.2) is 4.79 Å². The summed E-state index contributed by atoms with van der Waals surface area (Å²) in [7, 11) is 0. The van der Waals surface area contributed by atoms with Gasteiger partial charge in [0.05, 0.1) is 22.4 Å². The fourth-order valence-corrected chi connectivity index (χ4v) is 4.14. The van der Waals surface area contributed by atoms with Gasteiger partial charge in [0, 0.05) is 12.1 Å². The molecule has 5 nitrogen and oxygen atoms in total. The summed E-state index contributed by atoms with van der Waals surface area (Å²) in [6, 6.07) is 11.1. The number of aromatic nitrogens is 1. The first-order valence-corrected chi connectivity index (χ1v) is 9.73. The number of carbonyl (C=O) groups is 2. The Morgan fingerprint density at radius 1 is 1.11 bits per heavy atom. The minimum Gasteiger partial charge on any atom is -0.462 e. The molecule has 0 aliphatic heterocycles. The Bertz CT molecular complexity index is 1090. The normalized spacial score (nSPS) is 11.8. The van der Waals surface area contributed by atoms with Crippen molar-refractivity contribution in [1.82, 2.24) is 4.57 Å². The zero-order chi connectivity index (χ0) is 19.6. The average molecular weight is 382 g/mol. The molecule has 0 saturated heterocycles. The van der Waals surface area contributed by atoms with Gasteiger partial charge in [0.15, 0.2) is 4.80 Å². The third kappa shape index (κ3) is 3.85. The van der Waals surface area contributed by atoms with Crippen LogP contribution in [0.1, 0.15) is 45.7 Å². The first-order chi connectivity index (χ1) is 12.9. The lowest BCUT2D eigenvalue weighted by Gasteiger charge is -2.04. The fraction of sp³-hybridized carbons (Fsp3) is 0.286. The summed E-state index contributed by atoms with van der Waals surface area (Å²) in [6.45, 7) is 8.71. The molecule has 1 heterocycles. The van der Waals surface area contributed by atoms with Crippen molar-refractivity contribution < 1.29 is 14.3 Å². The van der Waals surface area contributed by atoms with Crippen LogP contribution in [-0.4, -0.2) is 23.1 Å². The van der Waals surface area contributed by atoms with E-state index in [0.29, 0.717) is 29.1 Å². The average Bonchev–Trinajstić information content (AvgIpc) is 2.97. The number of benzene rings is 2. The molecule has 2 aromatic carbocycles. The van der Waals surface area contributed by atoms with Gasteiger partial charge in [-0.05, 0) is 57.5 Å². The summed E-state index contributed by atoms with van der Waals surface area (Å²) in [5.74, 6) is -0.604. The molecule has 6 heteroatoms. The predicted molar refractivity (Wildman–Crippen MR) is 107 cm³/mol. The predicted octanol–water partition coefficient (Wildman–Crippen LogP) is 4.26. The number of aryl methyl sites for hydroxylation is 3. The molecule has 0 atom stereocenters. The van der Waals surface area contributed by atoms with Crippen molar-refractivity contribution in [2.24, 2.45) is 4.99 Å². The summed E-state index contributed by atoms with van der Waals surface area (Å²) in [4.78, 5) is 29.7. The van der Waals surface area contributed by atoms with Crippen LogP contribution < -0.4 is 4.80 Å². The number of rotatable bonds is 4. The third-order valence-electron chi connectivity index (χ3n) is 4.32. The Kier molecular flexibility index (Phi) is 5.56. The molecule has 140 valence electrons. The highest BCUT2D eigenvalue weighted by Gasteiger charge is 2.13. The number of hydrogen-bond acceptors (Lipinski definition) is 4. The number of hydrogen-bond donors (Lipinski definition) is 0. The number of thiazole rings is 1. The second-order valence-corrected chi connectivity index (χ2v) is 7.28. The van der Waals surface area contributed by atoms with Crippen molar-refractivity contribution in [3.05, 3.63) is 63.5 Å². The van der Waals surface area contributed by atoms with Gasteiger partial charge in [0.1, 0.15) is 0 Å². The van der Waals surface area contributed by atoms with E-state index < -0.39 is 0 Å². The molecule has 0 saturated carbocycles. The van der Waals surface area contributed by atoms with Crippen LogP contribution in [0.4, 0.5) is 0 Å². The number of esters is 1. The Balaban J connectivity index is 2.08. The smallest absolute Gasteiger partial charge is 0.338 e. The van der Waals surface area contributed by atoms with Gasteiger partial charge in [-0.15, -0.1) is 0 Å². The first kappa shape index (κ1) is 19.0. The van der Waals surface area contributed by atoms with Gasteiger partial charge in [0.25, 0.3) is 5.91 Å². The van der Waals surface area contributed by atoms with E-state index in [1.807, 2.05) is 49.6 Å². The zero-order valence-electron chi connectivity index (χ0n) is 15.9. The summed E-state index contributed by atoms with van der Waals surface area (Å²) in [5, 5.41) is 0. The van der Waals surface area contributed by atoms with Crippen molar-refractivity contribution in [3.63, 3.8) is 0 Å². The number of carbonyl (C=O) groups excluding carboxylic acids is 2. The Labute approximate surface area is 161 Å². The van der Waals surface area contributed by atoms with Crippen molar-refractivity contribution in [3.8, 4) is 0 Å². The molecule has 3 aromatic rings. The largest absolute Gasteiger partial charge is 0.462 e. The van der Waals surface area contributed by atoms with E-state index in [4.69, 9.17) is 4.74 Å². The molecule has 0 fully saturated rings. The van der Waals surface area contributed by atoms with E-state index in [0.717, 1.165) is 21.3 Å². The topological polar surface area (TPSA) is 60.7 Å². The molecule has 3 rings (SSSR count). The van der Waals surface area contributed by atoms with E-state index in [9.17, 15) is 9.59 Å². The summed E-state index contributed by atoms with van der Waals surface area (Å²) < 4.78 is 7.95. The maximum atomic E-state index is 12.7. The van der Waals surface area contributed by atoms with Crippen LogP contribution >= 0.6 is 11.3 Å². The van der Waals surface area contributed by atoms with Gasteiger partial charge in [-0.2, -0.15) is 4.99 Å². The van der Waals surface area contributed by atoms with E-state index >= 15 is 0 Å². The first-order valence-electron chi connectivity index (χ1n) is 8.91. The molecule has 27 heavy (non-hydrogen) atoms. The highest BCUT2D eigenvalue weighted by Crippen LogP contribution is 2.20. The molecule has 0 aliphatic carbocycles. The molecule has 0 radical (unpaired) electrons. The minimum absolute atomic E-state index is 0.258. The molecule has 0 N–H and O–H groups in total. The lowest BCUT2D eigenvalue weighted by Crippen LogP contribution is -2.16. The molecule has 1 amide bonds. The van der Waals surface area contributed by atoms with Gasteiger partial charge < -0.3 is 9.30 Å². The van der Waals surface area contributed by atoms with Crippen molar-refractivity contribution in [2.45, 2.75) is 34.2 Å². The molecular formula is C21H22N2O3S. The van der Waals surface area contributed by atoms with Crippen LogP contribution in [0.5, 0.6) is 0 Å². The van der Waals surface area contributed by atoms with E-state index in [-0.39, 0.29) is 11.9 Å². The maximum absolute atomic E-state index is 12.7. The molecule has 0 bridgehead atoms. The summed E-state index contributed by atoms with van der Waals surface area (Å²) >= 11 is 1.40. The SMILES string of the molecule is CCOC(=O)c1ccc2c(c1)sc(=NC(=O)c1ccc(C)cc1C)n2CC. The van der Waals surface area contributed by atoms with Crippen molar-refractivity contribution in [1.29, 1.82) is 0 Å². The van der Waals surface area contributed by atoms with Crippen LogP contribution in [0.2, 0.25) is 0 Å². The molecular weight excluding hydrogens is 360 g/mol. The van der Waals surface area contributed by atoms with Crippen molar-refractivity contribution in [2.75, 3.05) is 6.61 Å². The molecule has 1 aromatic heterocycles. The molecule has 0 spiro atoms. The van der Waals surface area contributed by atoms with Crippen LogP contribution in [0.15, 0.2) is 41.4 Å².